The van der Waals surface area contributed by atoms with E-state index in [-0.39, 0.29) is 17.1 Å². The van der Waals surface area contributed by atoms with Gasteiger partial charge in [-0.2, -0.15) is 0 Å². The van der Waals surface area contributed by atoms with Crippen molar-refractivity contribution in [2.75, 3.05) is 13.1 Å². The summed E-state index contributed by atoms with van der Waals surface area (Å²) in [7, 11) is 0. The van der Waals surface area contributed by atoms with E-state index < -0.39 is 11.9 Å². The zero-order valence-corrected chi connectivity index (χ0v) is 17.8. The Kier molecular flexibility index (Phi) is 5.65. The Bertz CT molecular complexity index is 863. The number of ether oxygens (including phenoxy) is 1. The van der Waals surface area contributed by atoms with E-state index in [1.54, 1.807) is 12.1 Å². The van der Waals surface area contributed by atoms with E-state index in [2.05, 4.69) is 43.4 Å². The van der Waals surface area contributed by atoms with E-state index in [1.165, 1.54) is 11.0 Å². The van der Waals surface area contributed by atoms with Gasteiger partial charge in [0, 0.05) is 22.6 Å². The molecule has 0 saturated carbocycles. The minimum absolute atomic E-state index is 0.0789. The van der Waals surface area contributed by atoms with Gasteiger partial charge in [-0.15, -0.1) is 0 Å². The van der Waals surface area contributed by atoms with Gasteiger partial charge in [-0.25, -0.2) is 9.18 Å². The van der Waals surface area contributed by atoms with Crippen molar-refractivity contribution in [2.45, 2.75) is 33.1 Å². The Balaban J connectivity index is 1.94. The van der Waals surface area contributed by atoms with Crippen LogP contribution in [0.25, 0.3) is 0 Å². The Labute approximate surface area is 172 Å². The van der Waals surface area contributed by atoms with Crippen molar-refractivity contribution in [1.29, 1.82) is 0 Å². The van der Waals surface area contributed by atoms with Crippen LogP contribution in [-0.4, -0.2) is 29.2 Å². The maximum atomic E-state index is 14.1. The molecular formula is C21H23FINO3. The van der Waals surface area contributed by atoms with E-state index in [9.17, 15) is 14.3 Å². The second-order valence-corrected chi connectivity index (χ2v) is 9.18. The molecule has 0 spiro atoms. The third-order valence-corrected chi connectivity index (χ3v) is 5.65. The first-order chi connectivity index (χ1) is 12.6. The van der Waals surface area contributed by atoms with Crippen LogP contribution >= 0.6 is 22.6 Å². The predicted octanol–water partition coefficient (Wildman–Crippen LogP) is 5.89. The molecule has 0 fully saturated rings. The van der Waals surface area contributed by atoms with Gasteiger partial charge in [-0.3, -0.25) is 0 Å². The molecular weight excluding hydrogens is 460 g/mol. The van der Waals surface area contributed by atoms with Gasteiger partial charge in [0.1, 0.15) is 5.75 Å². The van der Waals surface area contributed by atoms with Crippen LogP contribution in [0.3, 0.4) is 0 Å². The molecule has 0 radical (unpaired) electrons. The highest BCUT2D eigenvalue weighted by molar-refractivity contribution is 14.1. The number of hydrogen-bond acceptors (Lipinski definition) is 2. The Morgan fingerprint density at radius 2 is 2.00 bits per heavy atom. The zero-order valence-electron chi connectivity index (χ0n) is 15.6. The molecule has 3 rings (SSSR count). The van der Waals surface area contributed by atoms with Crippen LogP contribution in [0, 0.1) is 14.8 Å². The first-order valence-electron chi connectivity index (χ1n) is 8.89. The lowest BCUT2D eigenvalue weighted by Crippen LogP contribution is -2.36. The maximum absolute atomic E-state index is 14.1. The minimum Gasteiger partial charge on any atom is -0.465 e. The van der Waals surface area contributed by atoms with Crippen molar-refractivity contribution >= 4 is 28.7 Å². The third kappa shape index (κ3) is 4.54. The molecule has 0 aromatic heterocycles. The molecule has 1 aliphatic heterocycles. The van der Waals surface area contributed by atoms with Gasteiger partial charge in [0.15, 0.2) is 11.6 Å². The fraction of sp³-hybridized carbons (Fsp3) is 0.381. The van der Waals surface area contributed by atoms with E-state index in [1.807, 2.05) is 18.2 Å². The Morgan fingerprint density at radius 1 is 1.26 bits per heavy atom. The minimum atomic E-state index is -0.894. The van der Waals surface area contributed by atoms with Crippen LogP contribution in [0.4, 0.5) is 9.18 Å². The second kappa shape index (κ2) is 7.66. The van der Waals surface area contributed by atoms with Gasteiger partial charge in [-0.05, 0) is 75.9 Å². The lowest BCUT2D eigenvalue weighted by molar-refractivity contribution is 0.135. The Morgan fingerprint density at radius 3 is 2.63 bits per heavy atom. The van der Waals surface area contributed by atoms with Crippen molar-refractivity contribution in [1.82, 2.24) is 4.90 Å². The fourth-order valence-corrected chi connectivity index (χ4v) is 3.92. The second-order valence-electron chi connectivity index (χ2n) is 7.93. The topological polar surface area (TPSA) is 49.8 Å². The van der Waals surface area contributed by atoms with Crippen molar-refractivity contribution in [3.8, 4) is 11.5 Å². The lowest BCUT2D eigenvalue weighted by Gasteiger charge is -2.33. The molecule has 1 aliphatic rings. The number of rotatable bonds is 2. The molecule has 6 heteroatoms. The molecule has 0 saturated heterocycles. The van der Waals surface area contributed by atoms with Crippen molar-refractivity contribution in [2.24, 2.45) is 5.41 Å². The molecule has 2 aromatic rings. The lowest BCUT2D eigenvalue weighted by atomic mass is 9.75. The molecule has 1 atom stereocenters. The van der Waals surface area contributed by atoms with Crippen LogP contribution in [0.1, 0.15) is 37.8 Å². The van der Waals surface area contributed by atoms with E-state index >= 15 is 0 Å². The summed E-state index contributed by atoms with van der Waals surface area (Å²) in [5.74, 6) is 0.422. The molecule has 1 heterocycles. The monoisotopic (exact) mass is 483 g/mol. The number of carbonyl (C=O) groups is 1. The first-order valence-corrected chi connectivity index (χ1v) is 9.96. The quantitative estimate of drug-likeness (QED) is 0.543. The molecule has 2 aromatic carbocycles. The molecule has 144 valence electrons. The molecule has 1 amide bonds. The highest BCUT2D eigenvalue weighted by Gasteiger charge is 2.33. The summed E-state index contributed by atoms with van der Waals surface area (Å²) in [5, 5.41) is 9.49. The maximum Gasteiger partial charge on any atom is 0.407 e. The highest BCUT2D eigenvalue weighted by Crippen LogP contribution is 2.40. The summed E-state index contributed by atoms with van der Waals surface area (Å²) < 4.78 is 20.7. The van der Waals surface area contributed by atoms with Crippen molar-refractivity contribution in [3.63, 3.8) is 0 Å². The molecule has 0 aliphatic carbocycles. The van der Waals surface area contributed by atoms with Crippen LogP contribution in [-0.2, 0) is 6.42 Å². The summed E-state index contributed by atoms with van der Waals surface area (Å²) in [6, 6.07) is 10.6. The average molecular weight is 483 g/mol. The van der Waals surface area contributed by atoms with Crippen LogP contribution < -0.4 is 4.74 Å². The number of nitrogens with zero attached hydrogens (tertiary/aromatic N) is 1. The number of halogens is 2. The van der Waals surface area contributed by atoms with Crippen LogP contribution in [0.15, 0.2) is 36.4 Å². The summed E-state index contributed by atoms with van der Waals surface area (Å²) in [6.07, 6.45) is -0.282. The normalized spacial score (nSPS) is 17.2. The average Bonchev–Trinajstić information content (AvgIpc) is 2.76. The van der Waals surface area contributed by atoms with Gasteiger partial charge in [-0.1, -0.05) is 26.8 Å². The van der Waals surface area contributed by atoms with Gasteiger partial charge in [0.2, 0.25) is 0 Å². The number of hydrogen-bond donors (Lipinski definition) is 1. The van der Waals surface area contributed by atoms with Crippen molar-refractivity contribution < 1.29 is 19.0 Å². The number of carboxylic acid groups (broad SMARTS) is 1. The highest BCUT2D eigenvalue weighted by atomic mass is 127. The summed E-state index contributed by atoms with van der Waals surface area (Å²) in [6.45, 7) is 7.28. The SMILES string of the molecule is CC(C)(C)C1CN(C(=O)O)CCc2cc(Oc3ccc(I)cc3F)ccc21. The summed E-state index contributed by atoms with van der Waals surface area (Å²) in [4.78, 5) is 13.0. The standard InChI is InChI=1S/C21H23FINO3/c1-21(2,3)17-12-24(20(25)26)9-8-13-10-15(5-6-16(13)17)27-19-7-4-14(23)11-18(19)22/h4-7,10-11,17H,8-9,12H2,1-3H3,(H,25,26). The van der Waals surface area contributed by atoms with Gasteiger partial charge < -0.3 is 14.7 Å². The van der Waals surface area contributed by atoms with E-state index in [0.717, 1.165) is 14.7 Å². The van der Waals surface area contributed by atoms with E-state index in [4.69, 9.17) is 4.74 Å². The smallest absolute Gasteiger partial charge is 0.407 e. The number of benzene rings is 2. The Hall–Kier alpha value is -1.83. The van der Waals surface area contributed by atoms with Gasteiger partial charge in [0.25, 0.3) is 0 Å². The van der Waals surface area contributed by atoms with Gasteiger partial charge >= 0.3 is 6.09 Å². The number of fused-ring (bicyclic) bond motifs is 1. The molecule has 0 bridgehead atoms. The predicted molar refractivity (Wildman–Crippen MR) is 111 cm³/mol. The summed E-state index contributed by atoms with van der Waals surface area (Å²) in [5.41, 5.74) is 2.11. The van der Waals surface area contributed by atoms with Crippen LogP contribution in [0.5, 0.6) is 11.5 Å². The van der Waals surface area contributed by atoms with Crippen LogP contribution in [0.2, 0.25) is 0 Å². The zero-order chi connectivity index (χ0) is 19.8. The fourth-order valence-electron chi connectivity index (χ4n) is 3.47. The third-order valence-electron chi connectivity index (χ3n) is 4.98. The first kappa shape index (κ1) is 19.9. The molecule has 1 N–H and O–H groups in total. The molecule has 4 nitrogen and oxygen atoms in total. The molecule has 27 heavy (non-hydrogen) atoms. The van der Waals surface area contributed by atoms with E-state index in [0.29, 0.717) is 25.3 Å². The number of amides is 1. The molecule has 1 unspecified atom stereocenters. The van der Waals surface area contributed by atoms with Crippen molar-refractivity contribution in [3.05, 3.63) is 56.9 Å². The van der Waals surface area contributed by atoms with Gasteiger partial charge in [0.05, 0.1) is 0 Å². The largest absolute Gasteiger partial charge is 0.465 e. The summed E-state index contributed by atoms with van der Waals surface area (Å²) >= 11 is 2.05.